The number of pyridine rings is 1. The van der Waals surface area contributed by atoms with Gasteiger partial charge in [-0.15, -0.1) is 0 Å². The molecule has 2 heterocycles. The third-order valence-electron chi connectivity index (χ3n) is 3.83. The molecule has 124 valence electrons. The van der Waals surface area contributed by atoms with Crippen molar-refractivity contribution < 1.29 is 4.74 Å². The first kappa shape index (κ1) is 16.2. The highest BCUT2D eigenvalue weighted by Gasteiger charge is 2.08. The lowest BCUT2D eigenvalue weighted by molar-refractivity contribution is 0.291. The number of rotatable bonds is 7. The summed E-state index contributed by atoms with van der Waals surface area (Å²) in [6, 6.07) is 14.3. The smallest absolute Gasteiger partial charge is 0.162 e. The Labute approximate surface area is 142 Å². The zero-order valence-corrected chi connectivity index (χ0v) is 14.1. The summed E-state index contributed by atoms with van der Waals surface area (Å²) in [6.45, 7) is 4.43. The van der Waals surface area contributed by atoms with Crippen LogP contribution >= 0.6 is 0 Å². The number of nitrogens with one attached hydrogen (secondary N) is 1. The second-order valence-corrected chi connectivity index (χ2v) is 5.72. The summed E-state index contributed by atoms with van der Waals surface area (Å²) in [6.07, 6.45) is 2.59. The van der Waals surface area contributed by atoms with Crippen molar-refractivity contribution in [3.63, 3.8) is 0 Å². The molecule has 0 unspecified atom stereocenters. The van der Waals surface area contributed by atoms with Crippen LogP contribution in [0.1, 0.15) is 35.5 Å². The van der Waals surface area contributed by atoms with Crippen molar-refractivity contribution in [3.05, 3.63) is 71.1 Å². The Morgan fingerprint density at radius 2 is 1.83 bits per heavy atom. The van der Waals surface area contributed by atoms with E-state index in [0.29, 0.717) is 6.61 Å². The van der Waals surface area contributed by atoms with Gasteiger partial charge in [0.2, 0.25) is 0 Å². The predicted octanol–water partition coefficient (Wildman–Crippen LogP) is 3.43. The van der Waals surface area contributed by atoms with E-state index < -0.39 is 0 Å². The predicted molar refractivity (Wildman–Crippen MR) is 92.9 cm³/mol. The molecule has 24 heavy (non-hydrogen) atoms. The van der Waals surface area contributed by atoms with E-state index in [4.69, 9.17) is 4.74 Å². The fraction of sp³-hybridized carbons (Fsp3) is 0.316. The Bertz CT molecular complexity index is 783. The van der Waals surface area contributed by atoms with Crippen molar-refractivity contribution in [2.24, 2.45) is 0 Å². The Morgan fingerprint density at radius 3 is 2.62 bits per heavy atom. The second kappa shape index (κ2) is 7.73. The standard InChI is InChI=1S/C19H22N4O/c1-3-16-17(11-9-14(2)20-16)24-13-19-21-18(22-23-19)12-10-15-7-5-4-6-8-15/h4-9,11H,3,10,12-13H2,1-2H3,(H,21,22,23). The third kappa shape index (κ3) is 4.19. The number of hydrogen-bond donors (Lipinski definition) is 1. The summed E-state index contributed by atoms with van der Waals surface area (Å²) in [4.78, 5) is 9.00. The molecule has 0 saturated carbocycles. The normalized spacial score (nSPS) is 10.8. The molecule has 0 bridgehead atoms. The number of H-pyrrole nitrogens is 1. The molecule has 1 N–H and O–H groups in total. The number of nitrogens with zero attached hydrogens (tertiary/aromatic N) is 3. The van der Waals surface area contributed by atoms with E-state index in [-0.39, 0.29) is 0 Å². The van der Waals surface area contributed by atoms with E-state index in [1.54, 1.807) is 0 Å². The van der Waals surface area contributed by atoms with Crippen LogP contribution in [0.2, 0.25) is 0 Å². The first-order valence-corrected chi connectivity index (χ1v) is 8.28. The third-order valence-corrected chi connectivity index (χ3v) is 3.83. The van der Waals surface area contributed by atoms with Crippen LogP contribution in [0, 0.1) is 6.92 Å². The molecule has 1 aromatic carbocycles. The molecule has 0 aliphatic rings. The number of aromatic nitrogens is 4. The molecule has 0 fully saturated rings. The maximum Gasteiger partial charge on any atom is 0.162 e. The molecule has 3 rings (SSSR count). The quantitative estimate of drug-likeness (QED) is 0.724. The number of hydrogen-bond acceptors (Lipinski definition) is 4. The van der Waals surface area contributed by atoms with Gasteiger partial charge in [-0.3, -0.25) is 10.1 Å². The van der Waals surface area contributed by atoms with Crippen molar-refractivity contribution in [1.29, 1.82) is 0 Å². The lowest BCUT2D eigenvalue weighted by Gasteiger charge is -2.08. The minimum Gasteiger partial charge on any atom is -0.484 e. The molecule has 0 spiro atoms. The zero-order valence-electron chi connectivity index (χ0n) is 14.1. The fourth-order valence-electron chi connectivity index (χ4n) is 2.54. The Kier molecular flexibility index (Phi) is 5.21. The number of benzene rings is 1. The van der Waals surface area contributed by atoms with Crippen molar-refractivity contribution in [2.75, 3.05) is 0 Å². The van der Waals surface area contributed by atoms with Gasteiger partial charge in [-0.1, -0.05) is 37.3 Å². The first-order chi connectivity index (χ1) is 11.7. The molecule has 0 aliphatic carbocycles. The maximum atomic E-state index is 5.85. The van der Waals surface area contributed by atoms with Crippen molar-refractivity contribution in [1.82, 2.24) is 20.2 Å². The monoisotopic (exact) mass is 322 g/mol. The van der Waals surface area contributed by atoms with E-state index in [9.17, 15) is 0 Å². The van der Waals surface area contributed by atoms with Gasteiger partial charge in [-0.2, -0.15) is 5.10 Å². The van der Waals surface area contributed by atoms with Crippen LogP contribution in [-0.4, -0.2) is 20.2 Å². The van der Waals surface area contributed by atoms with Gasteiger partial charge in [0.15, 0.2) is 11.6 Å². The number of ether oxygens (including phenoxy) is 1. The Hall–Kier alpha value is -2.69. The highest BCUT2D eigenvalue weighted by molar-refractivity contribution is 5.29. The van der Waals surface area contributed by atoms with Gasteiger partial charge in [-0.05, 0) is 37.5 Å². The largest absolute Gasteiger partial charge is 0.484 e. The average Bonchev–Trinajstić information content (AvgIpc) is 3.07. The second-order valence-electron chi connectivity index (χ2n) is 5.72. The summed E-state index contributed by atoms with van der Waals surface area (Å²) < 4.78 is 5.85. The topological polar surface area (TPSA) is 63.7 Å². The van der Waals surface area contributed by atoms with Gasteiger partial charge in [-0.25, -0.2) is 4.98 Å². The van der Waals surface area contributed by atoms with Gasteiger partial charge in [0.1, 0.15) is 12.4 Å². The van der Waals surface area contributed by atoms with Gasteiger partial charge >= 0.3 is 0 Å². The molecular weight excluding hydrogens is 300 g/mol. The summed E-state index contributed by atoms with van der Waals surface area (Å²) in [5.41, 5.74) is 3.26. The van der Waals surface area contributed by atoms with Crippen LogP contribution in [0.25, 0.3) is 0 Å². The number of aromatic amines is 1. The average molecular weight is 322 g/mol. The molecule has 2 aromatic heterocycles. The molecule has 5 nitrogen and oxygen atoms in total. The van der Waals surface area contributed by atoms with Crippen LogP contribution in [0.5, 0.6) is 5.75 Å². The zero-order chi connectivity index (χ0) is 16.8. The summed E-state index contributed by atoms with van der Waals surface area (Å²) >= 11 is 0. The van der Waals surface area contributed by atoms with Gasteiger partial charge in [0.05, 0.1) is 5.69 Å². The molecular formula is C19H22N4O. The SMILES string of the molecule is CCc1nc(C)ccc1OCc1nc(CCc2ccccc2)n[nH]1. The fourth-order valence-corrected chi connectivity index (χ4v) is 2.54. The van der Waals surface area contributed by atoms with E-state index >= 15 is 0 Å². The van der Waals surface area contributed by atoms with Crippen LogP contribution < -0.4 is 4.74 Å². The number of aryl methyl sites for hydroxylation is 4. The molecule has 0 radical (unpaired) electrons. The molecule has 3 aromatic rings. The molecule has 0 aliphatic heterocycles. The van der Waals surface area contributed by atoms with E-state index in [2.05, 4.69) is 39.2 Å². The summed E-state index contributed by atoms with van der Waals surface area (Å²) in [5, 5.41) is 7.22. The van der Waals surface area contributed by atoms with Gasteiger partial charge in [0.25, 0.3) is 0 Å². The van der Waals surface area contributed by atoms with Crippen LogP contribution in [0.15, 0.2) is 42.5 Å². The molecule has 0 amide bonds. The van der Waals surface area contributed by atoms with Crippen molar-refractivity contribution in [3.8, 4) is 5.75 Å². The van der Waals surface area contributed by atoms with Crippen LogP contribution in [0.4, 0.5) is 0 Å². The molecule has 0 saturated heterocycles. The molecule has 0 atom stereocenters. The minimum absolute atomic E-state index is 0.371. The van der Waals surface area contributed by atoms with Crippen molar-refractivity contribution >= 4 is 0 Å². The lowest BCUT2D eigenvalue weighted by Crippen LogP contribution is -2.02. The summed E-state index contributed by atoms with van der Waals surface area (Å²) in [5.74, 6) is 2.36. The minimum atomic E-state index is 0.371. The Morgan fingerprint density at radius 1 is 1.00 bits per heavy atom. The van der Waals surface area contributed by atoms with E-state index in [1.807, 2.05) is 37.3 Å². The van der Waals surface area contributed by atoms with Crippen LogP contribution in [-0.2, 0) is 25.9 Å². The molecule has 5 heteroatoms. The van der Waals surface area contributed by atoms with Gasteiger partial charge < -0.3 is 4.74 Å². The highest BCUT2D eigenvalue weighted by atomic mass is 16.5. The van der Waals surface area contributed by atoms with E-state index in [1.165, 1.54) is 5.56 Å². The lowest BCUT2D eigenvalue weighted by atomic mass is 10.1. The highest BCUT2D eigenvalue weighted by Crippen LogP contribution is 2.18. The summed E-state index contributed by atoms with van der Waals surface area (Å²) in [7, 11) is 0. The maximum absolute atomic E-state index is 5.85. The van der Waals surface area contributed by atoms with Crippen LogP contribution in [0.3, 0.4) is 0 Å². The Balaban J connectivity index is 1.56. The van der Waals surface area contributed by atoms with Gasteiger partial charge in [0, 0.05) is 12.1 Å². The first-order valence-electron chi connectivity index (χ1n) is 8.28. The van der Waals surface area contributed by atoms with E-state index in [0.717, 1.165) is 48.0 Å². The van der Waals surface area contributed by atoms with Crippen molar-refractivity contribution in [2.45, 2.75) is 39.7 Å².